The number of carbonyl (C=O) groups is 1. The van der Waals surface area contributed by atoms with Gasteiger partial charge in [-0.05, 0) is 30.7 Å². The van der Waals surface area contributed by atoms with Crippen LogP contribution in [-0.2, 0) is 11.2 Å². The summed E-state index contributed by atoms with van der Waals surface area (Å²) in [4.78, 5) is 15.9. The van der Waals surface area contributed by atoms with Crippen molar-refractivity contribution in [2.24, 2.45) is 0 Å². The van der Waals surface area contributed by atoms with Crippen LogP contribution in [-0.4, -0.2) is 22.5 Å². The Morgan fingerprint density at radius 1 is 1.35 bits per heavy atom. The molecule has 2 rings (SSSR count). The molecule has 0 aliphatic heterocycles. The predicted molar refractivity (Wildman–Crippen MR) is 80.8 cm³/mol. The van der Waals surface area contributed by atoms with Gasteiger partial charge in [0, 0.05) is 30.3 Å². The Kier molecular flexibility index (Phi) is 5.12. The molecule has 2 N–H and O–H groups in total. The minimum atomic E-state index is 0.0998. The Bertz CT molecular complexity index is 564. The Morgan fingerprint density at radius 2 is 2.10 bits per heavy atom. The van der Waals surface area contributed by atoms with Crippen molar-refractivity contribution in [2.75, 3.05) is 6.54 Å². The number of benzene rings is 1. The third kappa shape index (κ3) is 4.06. The highest BCUT2D eigenvalue weighted by Crippen LogP contribution is 2.23. The Balaban J connectivity index is 1.89. The van der Waals surface area contributed by atoms with Gasteiger partial charge in [0.25, 0.3) is 0 Å². The average Bonchev–Trinajstić information content (AvgIpc) is 2.89. The van der Waals surface area contributed by atoms with E-state index in [1.807, 2.05) is 24.4 Å². The Labute approximate surface area is 122 Å². The molecule has 1 aromatic carbocycles. The molecule has 0 fully saturated rings. The molecule has 106 valence electrons. The quantitative estimate of drug-likeness (QED) is 0.859. The van der Waals surface area contributed by atoms with Crippen molar-refractivity contribution >= 4 is 17.2 Å². The largest absolute Gasteiger partial charge is 0.508 e. The van der Waals surface area contributed by atoms with Crippen LogP contribution < -0.4 is 5.32 Å². The molecule has 0 unspecified atom stereocenters. The first-order valence-electron chi connectivity index (χ1n) is 6.69. The third-order valence-corrected chi connectivity index (χ3v) is 3.76. The van der Waals surface area contributed by atoms with E-state index in [-0.39, 0.29) is 11.7 Å². The number of phenolic OH excluding ortho intramolecular Hbond substituents is 1. The molecule has 0 bridgehead atoms. The number of hydrogen-bond acceptors (Lipinski definition) is 4. The van der Waals surface area contributed by atoms with Crippen molar-refractivity contribution in [1.29, 1.82) is 0 Å². The minimum Gasteiger partial charge on any atom is -0.508 e. The number of amides is 1. The molecule has 1 aromatic heterocycles. The Morgan fingerprint density at radius 3 is 2.80 bits per heavy atom. The monoisotopic (exact) mass is 290 g/mol. The van der Waals surface area contributed by atoms with E-state index in [1.165, 1.54) is 0 Å². The summed E-state index contributed by atoms with van der Waals surface area (Å²) in [6, 6.07) is 6.99. The summed E-state index contributed by atoms with van der Waals surface area (Å²) < 4.78 is 0. The maximum absolute atomic E-state index is 11.3. The molecule has 2 aromatic rings. The second kappa shape index (κ2) is 7.05. The lowest BCUT2D eigenvalue weighted by molar-refractivity contribution is -0.121. The van der Waals surface area contributed by atoms with E-state index in [4.69, 9.17) is 0 Å². The minimum absolute atomic E-state index is 0.0998. The molecule has 0 aliphatic rings. The highest BCUT2D eigenvalue weighted by atomic mass is 32.1. The van der Waals surface area contributed by atoms with Gasteiger partial charge in [-0.25, -0.2) is 4.98 Å². The number of aromatic nitrogens is 1. The normalized spacial score (nSPS) is 10.4. The molecule has 4 nitrogen and oxygen atoms in total. The first kappa shape index (κ1) is 14.5. The SMILES string of the molecule is CCCC(=O)NCCc1nc(-c2ccc(O)cc2)cs1. The van der Waals surface area contributed by atoms with Crippen LogP contribution in [0.15, 0.2) is 29.6 Å². The molecular weight excluding hydrogens is 272 g/mol. The lowest BCUT2D eigenvalue weighted by atomic mass is 10.2. The fraction of sp³-hybridized carbons (Fsp3) is 0.333. The molecule has 1 heterocycles. The average molecular weight is 290 g/mol. The molecule has 0 atom stereocenters. The van der Waals surface area contributed by atoms with Crippen LogP contribution >= 0.6 is 11.3 Å². The number of carbonyl (C=O) groups excluding carboxylic acids is 1. The van der Waals surface area contributed by atoms with Crippen LogP contribution in [0.5, 0.6) is 5.75 Å². The zero-order valence-electron chi connectivity index (χ0n) is 11.4. The van der Waals surface area contributed by atoms with Crippen LogP contribution in [0.3, 0.4) is 0 Å². The van der Waals surface area contributed by atoms with Crippen LogP contribution in [0, 0.1) is 0 Å². The molecular formula is C15H18N2O2S. The molecule has 0 saturated carbocycles. The topological polar surface area (TPSA) is 62.2 Å². The number of nitrogens with one attached hydrogen (secondary N) is 1. The molecule has 0 saturated heterocycles. The first-order valence-corrected chi connectivity index (χ1v) is 7.57. The second-order valence-electron chi connectivity index (χ2n) is 4.52. The van der Waals surface area contributed by atoms with Gasteiger partial charge in [-0.2, -0.15) is 0 Å². The van der Waals surface area contributed by atoms with E-state index >= 15 is 0 Å². The van der Waals surface area contributed by atoms with Crippen LogP contribution in [0.4, 0.5) is 0 Å². The number of thiazole rings is 1. The fourth-order valence-corrected chi connectivity index (χ4v) is 2.62. The van der Waals surface area contributed by atoms with Gasteiger partial charge in [0.1, 0.15) is 5.75 Å². The molecule has 1 amide bonds. The summed E-state index contributed by atoms with van der Waals surface area (Å²) >= 11 is 1.59. The zero-order valence-corrected chi connectivity index (χ0v) is 12.2. The highest BCUT2D eigenvalue weighted by Gasteiger charge is 2.05. The maximum atomic E-state index is 11.3. The van der Waals surface area contributed by atoms with Gasteiger partial charge in [0.15, 0.2) is 0 Å². The van der Waals surface area contributed by atoms with Gasteiger partial charge in [-0.1, -0.05) is 6.92 Å². The highest BCUT2D eigenvalue weighted by molar-refractivity contribution is 7.09. The molecule has 20 heavy (non-hydrogen) atoms. The van der Waals surface area contributed by atoms with Crippen molar-refractivity contribution in [2.45, 2.75) is 26.2 Å². The standard InChI is InChI=1S/C15H18N2O2S/c1-2-3-14(19)16-9-8-15-17-13(10-20-15)11-4-6-12(18)7-5-11/h4-7,10,18H,2-3,8-9H2,1H3,(H,16,19). The summed E-state index contributed by atoms with van der Waals surface area (Å²) in [5.41, 5.74) is 1.89. The number of hydrogen-bond donors (Lipinski definition) is 2. The summed E-state index contributed by atoms with van der Waals surface area (Å²) in [5.74, 6) is 0.352. The summed E-state index contributed by atoms with van der Waals surface area (Å²) in [6.45, 7) is 2.62. The van der Waals surface area contributed by atoms with Gasteiger partial charge in [-0.3, -0.25) is 4.79 Å². The number of aromatic hydroxyl groups is 1. The molecule has 0 spiro atoms. The molecule has 5 heteroatoms. The predicted octanol–water partition coefficient (Wildman–Crippen LogP) is 2.97. The second-order valence-corrected chi connectivity index (χ2v) is 5.47. The lowest BCUT2D eigenvalue weighted by Crippen LogP contribution is -2.25. The smallest absolute Gasteiger partial charge is 0.219 e. The van der Waals surface area contributed by atoms with Crippen molar-refractivity contribution in [3.63, 3.8) is 0 Å². The van der Waals surface area contributed by atoms with E-state index in [0.29, 0.717) is 13.0 Å². The zero-order chi connectivity index (χ0) is 14.4. The number of rotatable bonds is 6. The van der Waals surface area contributed by atoms with E-state index in [0.717, 1.165) is 29.1 Å². The first-order chi connectivity index (χ1) is 9.69. The van der Waals surface area contributed by atoms with Gasteiger partial charge >= 0.3 is 0 Å². The third-order valence-electron chi connectivity index (χ3n) is 2.85. The van der Waals surface area contributed by atoms with E-state index in [9.17, 15) is 9.90 Å². The van der Waals surface area contributed by atoms with Crippen molar-refractivity contribution in [3.05, 3.63) is 34.7 Å². The Hall–Kier alpha value is -1.88. The van der Waals surface area contributed by atoms with Gasteiger partial charge in [0.2, 0.25) is 5.91 Å². The van der Waals surface area contributed by atoms with Crippen LogP contribution in [0.25, 0.3) is 11.3 Å². The summed E-state index contributed by atoms with van der Waals surface area (Å²) in [7, 11) is 0. The van der Waals surface area contributed by atoms with Crippen molar-refractivity contribution < 1.29 is 9.90 Å². The van der Waals surface area contributed by atoms with Crippen molar-refractivity contribution in [1.82, 2.24) is 10.3 Å². The van der Waals surface area contributed by atoms with Gasteiger partial charge in [0.05, 0.1) is 10.7 Å². The summed E-state index contributed by atoms with van der Waals surface area (Å²) in [6.07, 6.45) is 2.20. The van der Waals surface area contributed by atoms with Crippen LogP contribution in [0.2, 0.25) is 0 Å². The number of phenols is 1. The molecule has 0 aliphatic carbocycles. The van der Waals surface area contributed by atoms with E-state index in [2.05, 4.69) is 10.3 Å². The van der Waals surface area contributed by atoms with E-state index < -0.39 is 0 Å². The van der Waals surface area contributed by atoms with Gasteiger partial charge in [-0.15, -0.1) is 11.3 Å². The lowest BCUT2D eigenvalue weighted by Gasteiger charge is -2.01. The fourth-order valence-electron chi connectivity index (χ4n) is 1.81. The molecule has 0 radical (unpaired) electrons. The summed E-state index contributed by atoms with van der Waals surface area (Å²) in [5, 5.41) is 15.1. The van der Waals surface area contributed by atoms with E-state index in [1.54, 1.807) is 23.5 Å². The number of nitrogens with zero attached hydrogens (tertiary/aromatic N) is 1. The maximum Gasteiger partial charge on any atom is 0.219 e. The van der Waals surface area contributed by atoms with Gasteiger partial charge < -0.3 is 10.4 Å². The van der Waals surface area contributed by atoms with Crippen molar-refractivity contribution in [3.8, 4) is 17.0 Å². The van der Waals surface area contributed by atoms with Crippen LogP contribution in [0.1, 0.15) is 24.8 Å².